The minimum atomic E-state index is -2.70. The van der Waals surface area contributed by atoms with Gasteiger partial charge in [-0.05, 0) is 12.5 Å². The van der Waals surface area contributed by atoms with E-state index in [4.69, 9.17) is 5.73 Å². The Morgan fingerprint density at radius 1 is 1.33 bits per heavy atom. The van der Waals surface area contributed by atoms with Crippen LogP contribution in [0.5, 0.6) is 0 Å². The van der Waals surface area contributed by atoms with Crippen molar-refractivity contribution in [3.63, 3.8) is 0 Å². The smallest absolute Gasteiger partial charge is 0.319 e. The fourth-order valence-corrected chi connectivity index (χ4v) is 2.23. The molecule has 2 aromatic rings. The number of imidazole rings is 1. The largest absolute Gasteiger partial charge is 0.336 e. The SMILES string of the molecule is CN(Cc1nccn1C(F)F)C(=O)C(C)(N)c1ccccc1.Cl.Cl. The Bertz CT molecular complexity index is 650. The molecule has 5 nitrogen and oxygen atoms in total. The molecule has 1 amide bonds. The molecule has 0 spiro atoms. The molecule has 0 radical (unpaired) electrons. The number of likely N-dealkylation sites (N-methyl/N-ethyl adjacent to an activating group) is 1. The number of amides is 1. The van der Waals surface area contributed by atoms with Crippen LogP contribution < -0.4 is 5.73 Å². The minimum absolute atomic E-state index is 0. The molecule has 2 rings (SSSR count). The van der Waals surface area contributed by atoms with Gasteiger partial charge >= 0.3 is 6.55 Å². The van der Waals surface area contributed by atoms with Gasteiger partial charge in [0.25, 0.3) is 0 Å². The van der Waals surface area contributed by atoms with E-state index in [2.05, 4.69) is 4.98 Å². The van der Waals surface area contributed by atoms with Crippen molar-refractivity contribution in [2.75, 3.05) is 7.05 Å². The third-order valence-corrected chi connectivity index (χ3v) is 3.50. The average molecular weight is 381 g/mol. The number of rotatable bonds is 5. The van der Waals surface area contributed by atoms with Crippen LogP contribution in [-0.2, 0) is 16.9 Å². The van der Waals surface area contributed by atoms with Crippen LogP contribution in [-0.4, -0.2) is 27.4 Å². The maximum Gasteiger partial charge on any atom is 0.319 e. The van der Waals surface area contributed by atoms with E-state index in [1.165, 1.54) is 24.3 Å². The number of carbonyl (C=O) groups is 1. The Labute approximate surface area is 151 Å². The minimum Gasteiger partial charge on any atom is -0.336 e. The summed E-state index contributed by atoms with van der Waals surface area (Å²) in [5.41, 5.74) is 5.56. The first-order valence-corrected chi connectivity index (χ1v) is 6.74. The van der Waals surface area contributed by atoms with Gasteiger partial charge in [0.05, 0.1) is 6.54 Å². The third-order valence-electron chi connectivity index (χ3n) is 3.50. The van der Waals surface area contributed by atoms with Crippen molar-refractivity contribution in [3.05, 3.63) is 54.1 Å². The highest BCUT2D eigenvalue weighted by Gasteiger charge is 2.33. The summed E-state index contributed by atoms with van der Waals surface area (Å²) in [5.74, 6) is -0.266. The molecule has 0 aliphatic carbocycles. The van der Waals surface area contributed by atoms with Gasteiger partial charge in [0.2, 0.25) is 5.91 Å². The topological polar surface area (TPSA) is 64.2 Å². The number of halogens is 4. The van der Waals surface area contributed by atoms with Crippen LogP contribution in [0.25, 0.3) is 0 Å². The zero-order chi connectivity index (χ0) is 16.3. The lowest BCUT2D eigenvalue weighted by Gasteiger charge is -2.29. The van der Waals surface area contributed by atoms with Crippen molar-refractivity contribution in [1.29, 1.82) is 0 Å². The molecule has 0 aliphatic heterocycles. The molecule has 2 N–H and O–H groups in total. The van der Waals surface area contributed by atoms with Crippen molar-refractivity contribution in [2.45, 2.75) is 25.6 Å². The molecule has 0 aliphatic rings. The second kappa shape index (κ2) is 8.96. The summed E-state index contributed by atoms with van der Waals surface area (Å²) in [6.07, 6.45) is 2.45. The van der Waals surface area contributed by atoms with Gasteiger partial charge in [-0.25, -0.2) is 4.98 Å². The summed E-state index contributed by atoms with van der Waals surface area (Å²) < 4.78 is 26.3. The van der Waals surface area contributed by atoms with Crippen molar-refractivity contribution in [2.24, 2.45) is 5.73 Å². The second-order valence-corrected chi connectivity index (χ2v) is 5.26. The number of aromatic nitrogens is 2. The summed E-state index contributed by atoms with van der Waals surface area (Å²) in [6, 6.07) is 8.92. The van der Waals surface area contributed by atoms with E-state index in [1.54, 1.807) is 31.2 Å². The predicted octanol–water partition coefficient (Wildman–Crippen LogP) is 2.95. The second-order valence-electron chi connectivity index (χ2n) is 5.26. The molecule has 9 heteroatoms. The number of nitrogens with zero attached hydrogens (tertiary/aromatic N) is 3. The highest BCUT2D eigenvalue weighted by molar-refractivity contribution is 5.86. The van der Waals surface area contributed by atoms with Gasteiger partial charge < -0.3 is 10.6 Å². The summed E-state index contributed by atoms with van der Waals surface area (Å²) in [5, 5.41) is 0. The van der Waals surface area contributed by atoms with E-state index >= 15 is 0 Å². The molecule has 134 valence electrons. The van der Waals surface area contributed by atoms with Crippen LogP contribution >= 0.6 is 24.8 Å². The molecule has 1 unspecified atom stereocenters. The van der Waals surface area contributed by atoms with E-state index in [0.29, 0.717) is 5.56 Å². The first-order valence-electron chi connectivity index (χ1n) is 6.74. The molecule has 24 heavy (non-hydrogen) atoms. The predicted molar refractivity (Wildman–Crippen MR) is 92.4 cm³/mol. The van der Waals surface area contributed by atoms with Crippen LogP contribution in [0, 0.1) is 0 Å². The quantitative estimate of drug-likeness (QED) is 0.866. The fraction of sp³-hybridized carbons (Fsp3) is 0.333. The van der Waals surface area contributed by atoms with Crippen molar-refractivity contribution >= 4 is 30.7 Å². The Kier molecular flexibility index (Phi) is 8.32. The standard InChI is InChI=1S/C15H18F2N4O.2ClH/c1-15(18,11-6-4-3-5-7-11)13(22)20(2)10-12-19-8-9-21(12)14(16)17;;/h3-9,14H,10,18H2,1-2H3;2*1H. The van der Waals surface area contributed by atoms with Gasteiger partial charge in [0.1, 0.15) is 11.4 Å². The van der Waals surface area contributed by atoms with Crippen LogP contribution in [0.1, 0.15) is 24.9 Å². The molecule has 1 aromatic carbocycles. The maximum absolute atomic E-state index is 12.8. The van der Waals surface area contributed by atoms with Crippen LogP contribution in [0.3, 0.4) is 0 Å². The molecular formula is C15H20Cl2F2N4O. The summed E-state index contributed by atoms with van der Waals surface area (Å²) in [6.45, 7) is -1.14. The number of alkyl halides is 2. The van der Waals surface area contributed by atoms with E-state index in [1.807, 2.05) is 6.07 Å². The fourth-order valence-electron chi connectivity index (χ4n) is 2.23. The zero-order valence-corrected chi connectivity index (χ0v) is 14.9. The van der Waals surface area contributed by atoms with Gasteiger partial charge in [0.15, 0.2) is 0 Å². The van der Waals surface area contributed by atoms with Crippen molar-refractivity contribution in [3.8, 4) is 0 Å². The van der Waals surface area contributed by atoms with Gasteiger partial charge in [-0.2, -0.15) is 8.78 Å². The van der Waals surface area contributed by atoms with Gasteiger partial charge in [-0.15, -0.1) is 24.8 Å². The number of hydrogen-bond donors (Lipinski definition) is 1. The number of nitrogens with two attached hydrogens (primary N) is 1. The van der Waals surface area contributed by atoms with E-state index in [-0.39, 0.29) is 43.1 Å². The van der Waals surface area contributed by atoms with Gasteiger partial charge in [-0.1, -0.05) is 30.3 Å². The third kappa shape index (κ3) is 4.66. The highest BCUT2D eigenvalue weighted by atomic mass is 35.5. The molecule has 0 saturated heterocycles. The van der Waals surface area contributed by atoms with E-state index in [0.717, 1.165) is 4.57 Å². The molecule has 1 atom stereocenters. The lowest BCUT2D eigenvalue weighted by Crippen LogP contribution is -2.49. The van der Waals surface area contributed by atoms with Crippen LogP contribution in [0.15, 0.2) is 42.7 Å². The average Bonchev–Trinajstić information content (AvgIpc) is 2.95. The van der Waals surface area contributed by atoms with Crippen LogP contribution in [0.2, 0.25) is 0 Å². The number of carbonyl (C=O) groups excluding carboxylic acids is 1. The first-order chi connectivity index (χ1) is 10.3. The lowest BCUT2D eigenvalue weighted by atomic mass is 9.92. The molecule has 0 bridgehead atoms. The Morgan fingerprint density at radius 3 is 2.46 bits per heavy atom. The lowest BCUT2D eigenvalue weighted by molar-refractivity contribution is -0.136. The number of hydrogen-bond acceptors (Lipinski definition) is 3. The molecule has 1 heterocycles. The zero-order valence-electron chi connectivity index (χ0n) is 13.2. The monoisotopic (exact) mass is 380 g/mol. The Balaban J connectivity index is 0.00000264. The van der Waals surface area contributed by atoms with Gasteiger partial charge in [0, 0.05) is 19.4 Å². The highest BCUT2D eigenvalue weighted by Crippen LogP contribution is 2.21. The van der Waals surface area contributed by atoms with Gasteiger partial charge in [-0.3, -0.25) is 9.36 Å². The summed E-state index contributed by atoms with van der Waals surface area (Å²) in [7, 11) is 1.51. The summed E-state index contributed by atoms with van der Waals surface area (Å²) >= 11 is 0. The molecule has 1 aromatic heterocycles. The maximum atomic E-state index is 12.8. The van der Waals surface area contributed by atoms with Crippen molar-refractivity contribution in [1.82, 2.24) is 14.5 Å². The number of benzene rings is 1. The van der Waals surface area contributed by atoms with Crippen molar-refractivity contribution < 1.29 is 13.6 Å². The molecule has 0 saturated carbocycles. The first kappa shape index (κ1) is 22.3. The Hall–Kier alpha value is -1.70. The Morgan fingerprint density at radius 2 is 1.92 bits per heavy atom. The molecule has 0 fully saturated rings. The normalized spacial score (nSPS) is 12.8. The van der Waals surface area contributed by atoms with E-state index in [9.17, 15) is 13.6 Å². The van der Waals surface area contributed by atoms with E-state index < -0.39 is 12.1 Å². The summed E-state index contributed by atoms with van der Waals surface area (Å²) in [4.78, 5) is 17.7. The molecular weight excluding hydrogens is 361 g/mol. The van der Waals surface area contributed by atoms with Crippen LogP contribution in [0.4, 0.5) is 8.78 Å².